The van der Waals surface area contributed by atoms with Crippen LogP contribution in [0.5, 0.6) is 0 Å². The predicted octanol–water partition coefficient (Wildman–Crippen LogP) is 3.47. The monoisotopic (exact) mass is 407 g/mol. The molecule has 0 spiro atoms. The van der Waals surface area contributed by atoms with Gasteiger partial charge < -0.3 is 0 Å². The number of benzene rings is 1. The quantitative estimate of drug-likeness (QED) is 0.673. The van der Waals surface area contributed by atoms with Crippen molar-refractivity contribution >= 4 is 29.0 Å². The number of nitrogens with zero attached hydrogens (tertiary/aromatic N) is 4. The molecule has 146 valence electrons. The molecule has 7 nitrogen and oxygen atoms in total. The standard InChI is InChI=1S/C21H18ClN5O2/c1-21(2)11-17-16(12-24-27(17)15-5-3-14(22)4-6-15)18(28)19(21)25-26-20(29)13-7-9-23-10-8-13/h3-10,12H,11H2,1-2H3,(H,26,29)/b25-19-. The Labute approximate surface area is 172 Å². The third kappa shape index (κ3) is 3.56. The topological polar surface area (TPSA) is 89.2 Å². The summed E-state index contributed by atoms with van der Waals surface area (Å²) in [5.74, 6) is -0.641. The minimum atomic E-state index is -0.584. The summed E-state index contributed by atoms with van der Waals surface area (Å²) in [6.45, 7) is 3.84. The van der Waals surface area contributed by atoms with E-state index in [0.29, 0.717) is 28.3 Å². The van der Waals surface area contributed by atoms with Crippen LogP contribution in [0.15, 0.2) is 60.1 Å². The highest BCUT2D eigenvalue weighted by Crippen LogP contribution is 2.34. The van der Waals surface area contributed by atoms with Gasteiger partial charge in [0.15, 0.2) is 0 Å². The van der Waals surface area contributed by atoms with Crippen LogP contribution in [-0.2, 0) is 6.42 Å². The van der Waals surface area contributed by atoms with E-state index in [1.54, 1.807) is 35.1 Å². The first kappa shape index (κ1) is 19.0. The number of pyridine rings is 1. The fraction of sp³-hybridized carbons (Fsp3) is 0.190. The second-order valence-corrected chi connectivity index (χ2v) is 7.86. The zero-order chi connectivity index (χ0) is 20.6. The van der Waals surface area contributed by atoms with Gasteiger partial charge in [0.2, 0.25) is 5.78 Å². The average molecular weight is 408 g/mol. The van der Waals surface area contributed by atoms with Gasteiger partial charge in [0.1, 0.15) is 5.71 Å². The average Bonchev–Trinajstić information content (AvgIpc) is 3.11. The number of hydrogen-bond acceptors (Lipinski definition) is 5. The first-order valence-electron chi connectivity index (χ1n) is 9.03. The number of carbonyl (C=O) groups excluding carboxylic acids is 2. The van der Waals surface area contributed by atoms with Crippen LogP contribution in [0.4, 0.5) is 0 Å². The molecule has 0 unspecified atom stereocenters. The van der Waals surface area contributed by atoms with E-state index in [4.69, 9.17) is 11.6 Å². The summed E-state index contributed by atoms with van der Waals surface area (Å²) in [6.07, 6.45) is 5.13. The fourth-order valence-electron chi connectivity index (χ4n) is 3.35. The highest BCUT2D eigenvalue weighted by molar-refractivity contribution is 6.48. The van der Waals surface area contributed by atoms with Crippen molar-refractivity contribution in [2.45, 2.75) is 20.3 Å². The van der Waals surface area contributed by atoms with Gasteiger partial charge in [-0.2, -0.15) is 10.2 Å². The molecule has 4 rings (SSSR count). The molecule has 1 aliphatic rings. The van der Waals surface area contributed by atoms with Crippen molar-refractivity contribution in [3.63, 3.8) is 0 Å². The minimum absolute atomic E-state index is 0.244. The normalized spacial score (nSPS) is 16.5. The SMILES string of the molecule is CC1(C)Cc2c(cnn2-c2ccc(Cl)cc2)C(=O)/C1=N/NC(=O)c1ccncc1. The van der Waals surface area contributed by atoms with Crippen LogP contribution in [0.25, 0.3) is 5.69 Å². The number of aromatic nitrogens is 3. The third-order valence-corrected chi connectivity index (χ3v) is 5.11. The number of nitrogens with one attached hydrogen (secondary N) is 1. The summed E-state index contributed by atoms with van der Waals surface area (Å²) in [4.78, 5) is 29.3. The van der Waals surface area contributed by atoms with E-state index < -0.39 is 11.3 Å². The van der Waals surface area contributed by atoms with Gasteiger partial charge in [-0.05, 0) is 36.4 Å². The molecule has 0 fully saturated rings. The predicted molar refractivity (Wildman–Crippen MR) is 110 cm³/mol. The van der Waals surface area contributed by atoms with E-state index in [2.05, 4.69) is 20.6 Å². The van der Waals surface area contributed by atoms with Crippen molar-refractivity contribution in [1.29, 1.82) is 0 Å². The number of hydrogen-bond donors (Lipinski definition) is 1. The van der Waals surface area contributed by atoms with Gasteiger partial charge in [-0.15, -0.1) is 0 Å². The number of rotatable bonds is 3. The zero-order valence-corrected chi connectivity index (χ0v) is 16.6. The summed E-state index contributed by atoms with van der Waals surface area (Å²) in [7, 11) is 0. The molecule has 0 saturated carbocycles. The molecular formula is C21H18ClN5O2. The molecule has 2 aromatic heterocycles. The first-order chi connectivity index (χ1) is 13.9. The Hall–Kier alpha value is -3.32. The van der Waals surface area contributed by atoms with Crippen molar-refractivity contribution in [3.05, 3.63) is 76.8 Å². The van der Waals surface area contributed by atoms with Crippen LogP contribution in [-0.4, -0.2) is 32.2 Å². The smallest absolute Gasteiger partial charge is 0.271 e. The number of hydrazone groups is 1. The summed E-state index contributed by atoms with van der Waals surface area (Å²) < 4.78 is 1.75. The lowest BCUT2D eigenvalue weighted by atomic mass is 9.74. The number of ketones is 1. The second kappa shape index (κ2) is 7.25. The molecule has 1 amide bonds. The van der Waals surface area contributed by atoms with Gasteiger partial charge in [-0.1, -0.05) is 25.4 Å². The largest absolute Gasteiger partial charge is 0.287 e. The Kier molecular flexibility index (Phi) is 4.76. The highest BCUT2D eigenvalue weighted by Gasteiger charge is 2.40. The van der Waals surface area contributed by atoms with Gasteiger partial charge in [-0.25, -0.2) is 10.1 Å². The van der Waals surface area contributed by atoms with E-state index in [1.807, 2.05) is 26.0 Å². The van der Waals surface area contributed by atoms with E-state index in [-0.39, 0.29) is 5.78 Å². The molecule has 0 atom stereocenters. The maximum absolute atomic E-state index is 13.1. The van der Waals surface area contributed by atoms with E-state index in [1.165, 1.54) is 12.4 Å². The van der Waals surface area contributed by atoms with Crippen LogP contribution < -0.4 is 5.43 Å². The molecule has 8 heteroatoms. The fourth-order valence-corrected chi connectivity index (χ4v) is 3.48. The third-order valence-electron chi connectivity index (χ3n) is 4.86. The molecule has 2 heterocycles. The first-order valence-corrected chi connectivity index (χ1v) is 9.41. The van der Waals surface area contributed by atoms with Gasteiger partial charge in [0, 0.05) is 34.8 Å². The maximum atomic E-state index is 13.1. The molecule has 0 saturated heterocycles. The van der Waals surface area contributed by atoms with Crippen molar-refractivity contribution in [2.75, 3.05) is 0 Å². The molecule has 0 radical (unpaired) electrons. The van der Waals surface area contributed by atoms with Crippen molar-refractivity contribution < 1.29 is 9.59 Å². The zero-order valence-electron chi connectivity index (χ0n) is 15.9. The van der Waals surface area contributed by atoms with E-state index in [9.17, 15) is 9.59 Å². The highest BCUT2D eigenvalue weighted by atomic mass is 35.5. The number of fused-ring (bicyclic) bond motifs is 1. The Morgan fingerprint density at radius 2 is 1.86 bits per heavy atom. The van der Waals surface area contributed by atoms with Gasteiger partial charge in [0.05, 0.1) is 23.1 Å². The molecule has 3 aromatic rings. The van der Waals surface area contributed by atoms with E-state index in [0.717, 1.165) is 11.4 Å². The minimum Gasteiger partial charge on any atom is -0.287 e. The molecule has 1 aliphatic carbocycles. The molecule has 1 aromatic carbocycles. The number of Topliss-reactive ketones (excluding diaryl/α,β-unsaturated/α-hetero) is 1. The van der Waals surface area contributed by atoms with Crippen LogP contribution in [0.2, 0.25) is 5.02 Å². The van der Waals surface area contributed by atoms with Crippen molar-refractivity contribution in [3.8, 4) is 5.69 Å². The summed E-state index contributed by atoms with van der Waals surface area (Å²) in [5.41, 5.74) is 4.73. The van der Waals surface area contributed by atoms with Crippen LogP contribution in [0, 0.1) is 5.41 Å². The summed E-state index contributed by atoms with van der Waals surface area (Å²) >= 11 is 5.97. The Morgan fingerprint density at radius 3 is 2.55 bits per heavy atom. The second-order valence-electron chi connectivity index (χ2n) is 7.42. The van der Waals surface area contributed by atoms with Crippen LogP contribution in [0.3, 0.4) is 0 Å². The Balaban J connectivity index is 1.66. The molecule has 0 bridgehead atoms. The molecule has 1 N–H and O–H groups in total. The molecular weight excluding hydrogens is 390 g/mol. The lowest BCUT2D eigenvalue weighted by Gasteiger charge is -2.30. The van der Waals surface area contributed by atoms with Crippen molar-refractivity contribution in [1.82, 2.24) is 20.2 Å². The van der Waals surface area contributed by atoms with Crippen LogP contribution in [0.1, 0.15) is 40.3 Å². The Morgan fingerprint density at radius 1 is 1.17 bits per heavy atom. The lowest BCUT2D eigenvalue weighted by molar-refractivity contribution is 0.0954. The molecule has 0 aliphatic heterocycles. The Bertz CT molecular complexity index is 1120. The lowest BCUT2D eigenvalue weighted by Crippen LogP contribution is -2.40. The van der Waals surface area contributed by atoms with Gasteiger partial charge >= 0.3 is 0 Å². The van der Waals surface area contributed by atoms with E-state index >= 15 is 0 Å². The number of carbonyl (C=O) groups is 2. The van der Waals surface area contributed by atoms with Crippen LogP contribution >= 0.6 is 11.6 Å². The summed E-state index contributed by atoms with van der Waals surface area (Å²) in [6, 6.07) is 10.4. The van der Waals surface area contributed by atoms with Gasteiger partial charge in [0.25, 0.3) is 5.91 Å². The maximum Gasteiger partial charge on any atom is 0.271 e. The summed E-state index contributed by atoms with van der Waals surface area (Å²) in [5, 5.41) is 9.20. The molecule has 29 heavy (non-hydrogen) atoms. The number of halogens is 1. The van der Waals surface area contributed by atoms with Gasteiger partial charge in [-0.3, -0.25) is 14.6 Å². The number of amides is 1. The van der Waals surface area contributed by atoms with Crippen molar-refractivity contribution in [2.24, 2.45) is 10.5 Å².